The summed E-state index contributed by atoms with van der Waals surface area (Å²) in [6, 6.07) is 9.69. The molecular formula is C16H18BrNO2. The van der Waals surface area contributed by atoms with Gasteiger partial charge in [-0.05, 0) is 30.0 Å². The molecule has 0 atom stereocenters. The van der Waals surface area contributed by atoms with E-state index in [1.165, 1.54) is 5.56 Å². The third kappa shape index (κ3) is 3.12. The van der Waals surface area contributed by atoms with Crippen molar-refractivity contribution in [2.45, 2.75) is 32.2 Å². The van der Waals surface area contributed by atoms with Crippen molar-refractivity contribution in [3.63, 3.8) is 0 Å². The van der Waals surface area contributed by atoms with E-state index in [2.05, 4.69) is 27.8 Å². The molecule has 0 saturated heterocycles. The monoisotopic (exact) mass is 335 g/mol. The third-order valence-corrected chi connectivity index (χ3v) is 3.93. The highest BCUT2D eigenvalue weighted by molar-refractivity contribution is 9.08. The van der Waals surface area contributed by atoms with Crippen LogP contribution in [0.15, 0.2) is 30.3 Å². The maximum atomic E-state index is 12.2. The van der Waals surface area contributed by atoms with E-state index in [0.717, 1.165) is 23.2 Å². The fourth-order valence-corrected chi connectivity index (χ4v) is 2.77. The van der Waals surface area contributed by atoms with Crippen LogP contribution in [-0.2, 0) is 23.1 Å². The fraction of sp³-hybridized carbons (Fsp3) is 0.312. The SMILES string of the molecule is CCc1c(CBr)[nH]c(C(=O)OCc2ccccc2)c1C. The van der Waals surface area contributed by atoms with Gasteiger partial charge in [-0.25, -0.2) is 4.79 Å². The first kappa shape index (κ1) is 14.9. The van der Waals surface area contributed by atoms with Gasteiger partial charge in [0.15, 0.2) is 0 Å². The molecule has 3 nitrogen and oxygen atoms in total. The van der Waals surface area contributed by atoms with E-state index in [9.17, 15) is 4.79 Å². The Kier molecular flexibility index (Phi) is 5.01. The molecule has 0 bridgehead atoms. The van der Waals surface area contributed by atoms with Crippen molar-refractivity contribution < 1.29 is 9.53 Å². The summed E-state index contributed by atoms with van der Waals surface area (Å²) in [6.45, 7) is 4.34. The number of halogens is 1. The van der Waals surface area contributed by atoms with Crippen LogP contribution in [0.3, 0.4) is 0 Å². The van der Waals surface area contributed by atoms with Gasteiger partial charge in [0, 0.05) is 11.0 Å². The van der Waals surface area contributed by atoms with E-state index >= 15 is 0 Å². The highest BCUT2D eigenvalue weighted by Gasteiger charge is 2.18. The van der Waals surface area contributed by atoms with Crippen molar-refractivity contribution in [2.24, 2.45) is 0 Å². The Labute approximate surface area is 127 Å². The van der Waals surface area contributed by atoms with Crippen molar-refractivity contribution >= 4 is 21.9 Å². The molecule has 1 aromatic heterocycles. The van der Waals surface area contributed by atoms with Crippen LogP contribution < -0.4 is 0 Å². The number of ether oxygens (including phenoxy) is 1. The molecular weight excluding hydrogens is 318 g/mol. The Morgan fingerprint density at radius 2 is 2.00 bits per heavy atom. The van der Waals surface area contributed by atoms with Crippen molar-refractivity contribution in [3.05, 3.63) is 58.4 Å². The summed E-state index contributed by atoms with van der Waals surface area (Å²) in [7, 11) is 0. The van der Waals surface area contributed by atoms with Gasteiger partial charge >= 0.3 is 5.97 Å². The molecule has 1 aromatic carbocycles. The van der Waals surface area contributed by atoms with Gasteiger partial charge < -0.3 is 9.72 Å². The van der Waals surface area contributed by atoms with E-state index in [-0.39, 0.29) is 5.97 Å². The van der Waals surface area contributed by atoms with Crippen molar-refractivity contribution in [3.8, 4) is 0 Å². The molecule has 0 aliphatic rings. The Bertz CT molecular complexity index is 590. The summed E-state index contributed by atoms with van der Waals surface area (Å²) in [5.41, 5.74) is 4.78. The Balaban J connectivity index is 2.11. The van der Waals surface area contributed by atoms with Crippen LogP contribution in [0, 0.1) is 6.92 Å². The molecule has 0 radical (unpaired) electrons. The second-order valence-corrected chi connectivity index (χ2v) is 5.19. The number of rotatable bonds is 5. The number of hydrogen-bond donors (Lipinski definition) is 1. The average Bonchev–Trinajstić information content (AvgIpc) is 2.82. The minimum absolute atomic E-state index is 0.295. The van der Waals surface area contributed by atoms with Gasteiger partial charge in [-0.2, -0.15) is 0 Å². The molecule has 0 spiro atoms. The molecule has 0 aliphatic carbocycles. The maximum Gasteiger partial charge on any atom is 0.355 e. The number of aromatic amines is 1. The maximum absolute atomic E-state index is 12.2. The molecule has 20 heavy (non-hydrogen) atoms. The van der Waals surface area contributed by atoms with Gasteiger partial charge in [-0.1, -0.05) is 53.2 Å². The van der Waals surface area contributed by atoms with E-state index < -0.39 is 0 Å². The number of nitrogens with one attached hydrogen (secondary N) is 1. The Hall–Kier alpha value is -1.55. The lowest BCUT2D eigenvalue weighted by molar-refractivity contribution is 0.0465. The predicted molar refractivity (Wildman–Crippen MR) is 83.1 cm³/mol. The molecule has 0 aliphatic heterocycles. The summed E-state index contributed by atoms with van der Waals surface area (Å²) in [5, 5.41) is 0.711. The van der Waals surface area contributed by atoms with Crippen molar-refractivity contribution in [2.75, 3.05) is 0 Å². The molecule has 0 unspecified atom stereocenters. The minimum atomic E-state index is -0.298. The number of carbonyl (C=O) groups excluding carboxylic acids is 1. The Morgan fingerprint density at radius 3 is 2.55 bits per heavy atom. The molecule has 0 saturated carbocycles. The lowest BCUT2D eigenvalue weighted by atomic mass is 10.1. The average molecular weight is 336 g/mol. The number of aromatic nitrogens is 1. The van der Waals surface area contributed by atoms with Gasteiger partial charge in [0.1, 0.15) is 12.3 Å². The fourth-order valence-electron chi connectivity index (χ4n) is 2.29. The van der Waals surface area contributed by atoms with Crippen LogP contribution in [0.25, 0.3) is 0 Å². The van der Waals surface area contributed by atoms with E-state index in [1.807, 2.05) is 37.3 Å². The first-order valence-electron chi connectivity index (χ1n) is 6.64. The lowest BCUT2D eigenvalue weighted by Gasteiger charge is -2.04. The molecule has 106 valence electrons. The third-order valence-electron chi connectivity index (χ3n) is 3.37. The molecule has 0 fully saturated rings. The first-order valence-corrected chi connectivity index (χ1v) is 7.76. The summed E-state index contributed by atoms with van der Waals surface area (Å²) < 4.78 is 5.37. The number of benzene rings is 1. The number of H-pyrrole nitrogens is 1. The second kappa shape index (κ2) is 6.75. The van der Waals surface area contributed by atoms with Crippen LogP contribution in [0.2, 0.25) is 0 Å². The molecule has 4 heteroatoms. The number of hydrogen-bond acceptors (Lipinski definition) is 2. The number of alkyl halides is 1. The minimum Gasteiger partial charge on any atom is -0.456 e. The lowest BCUT2D eigenvalue weighted by Crippen LogP contribution is -2.07. The van der Waals surface area contributed by atoms with Gasteiger partial charge in [0.25, 0.3) is 0 Å². The van der Waals surface area contributed by atoms with Crippen LogP contribution in [0.4, 0.5) is 0 Å². The normalized spacial score (nSPS) is 10.6. The number of esters is 1. The smallest absolute Gasteiger partial charge is 0.355 e. The molecule has 1 heterocycles. The molecule has 2 rings (SSSR count). The van der Waals surface area contributed by atoms with Gasteiger partial charge in [-0.15, -0.1) is 0 Å². The highest BCUT2D eigenvalue weighted by Crippen LogP contribution is 2.22. The number of carbonyl (C=O) groups is 1. The first-order chi connectivity index (χ1) is 9.67. The zero-order valence-corrected chi connectivity index (χ0v) is 13.3. The topological polar surface area (TPSA) is 42.1 Å². The quantitative estimate of drug-likeness (QED) is 0.659. The molecule has 1 N–H and O–H groups in total. The summed E-state index contributed by atoms with van der Waals surface area (Å²) >= 11 is 3.44. The van der Waals surface area contributed by atoms with Crippen LogP contribution >= 0.6 is 15.9 Å². The summed E-state index contributed by atoms with van der Waals surface area (Å²) in [4.78, 5) is 15.3. The second-order valence-electron chi connectivity index (χ2n) is 4.63. The van der Waals surface area contributed by atoms with E-state index in [4.69, 9.17) is 4.74 Å². The largest absolute Gasteiger partial charge is 0.456 e. The zero-order chi connectivity index (χ0) is 14.5. The van der Waals surface area contributed by atoms with E-state index in [0.29, 0.717) is 17.6 Å². The van der Waals surface area contributed by atoms with Gasteiger partial charge in [-0.3, -0.25) is 0 Å². The van der Waals surface area contributed by atoms with Crippen LogP contribution in [-0.4, -0.2) is 11.0 Å². The zero-order valence-electron chi connectivity index (χ0n) is 11.7. The molecule has 2 aromatic rings. The highest BCUT2D eigenvalue weighted by atomic mass is 79.9. The summed E-state index contributed by atoms with van der Waals surface area (Å²) in [5.74, 6) is -0.298. The van der Waals surface area contributed by atoms with Crippen LogP contribution in [0.5, 0.6) is 0 Å². The Morgan fingerprint density at radius 1 is 1.30 bits per heavy atom. The van der Waals surface area contributed by atoms with Crippen molar-refractivity contribution in [1.82, 2.24) is 4.98 Å². The van der Waals surface area contributed by atoms with E-state index in [1.54, 1.807) is 0 Å². The molecule has 0 amide bonds. The van der Waals surface area contributed by atoms with Gasteiger partial charge in [0.05, 0.1) is 0 Å². The van der Waals surface area contributed by atoms with Crippen LogP contribution in [0.1, 0.15) is 39.8 Å². The standard InChI is InChI=1S/C16H18BrNO2/c1-3-13-11(2)15(18-14(13)9-17)16(19)20-10-12-7-5-4-6-8-12/h4-8,18H,3,9-10H2,1-2H3. The van der Waals surface area contributed by atoms with Gasteiger partial charge in [0.2, 0.25) is 0 Å². The predicted octanol–water partition coefficient (Wildman–Crippen LogP) is 4.14. The summed E-state index contributed by atoms with van der Waals surface area (Å²) in [6.07, 6.45) is 0.898. The van der Waals surface area contributed by atoms with Crippen molar-refractivity contribution in [1.29, 1.82) is 0 Å².